The van der Waals surface area contributed by atoms with Gasteiger partial charge in [0.1, 0.15) is 0 Å². The summed E-state index contributed by atoms with van der Waals surface area (Å²) in [6.07, 6.45) is 4.07. The monoisotopic (exact) mass is 319 g/mol. The number of nitrogens with zero attached hydrogens (tertiary/aromatic N) is 2. The van der Waals surface area contributed by atoms with Gasteiger partial charge in [0.05, 0.1) is 13.2 Å². The number of benzene rings is 1. The van der Waals surface area contributed by atoms with Gasteiger partial charge in [-0.2, -0.15) is 0 Å². The fourth-order valence-corrected chi connectivity index (χ4v) is 3.03. The lowest BCUT2D eigenvalue weighted by Crippen LogP contribution is -2.39. The van der Waals surface area contributed by atoms with Crippen LogP contribution in [0.1, 0.15) is 30.9 Å². The molecule has 0 aliphatic carbocycles. The molecule has 4 heteroatoms. The third-order valence-corrected chi connectivity index (χ3v) is 4.41. The highest BCUT2D eigenvalue weighted by Gasteiger charge is 2.17. The van der Waals surface area contributed by atoms with E-state index in [1.165, 1.54) is 37.9 Å². The molecule has 1 aliphatic heterocycles. The van der Waals surface area contributed by atoms with Crippen molar-refractivity contribution < 1.29 is 4.74 Å². The SMILES string of the molecule is CN(C)CCOCCN[C@@H](CN1CCCCC1)c1ccccc1. The molecule has 0 radical (unpaired) electrons. The van der Waals surface area contributed by atoms with Crippen LogP contribution < -0.4 is 5.32 Å². The molecule has 4 nitrogen and oxygen atoms in total. The van der Waals surface area contributed by atoms with Crippen molar-refractivity contribution in [3.63, 3.8) is 0 Å². The second-order valence-electron chi connectivity index (χ2n) is 6.69. The van der Waals surface area contributed by atoms with Crippen molar-refractivity contribution in [2.45, 2.75) is 25.3 Å². The van der Waals surface area contributed by atoms with E-state index < -0.39 is 0 Å². The quantitative estimate of drug-likeness (QED) is 0.670. The van der Waals surface area contributed by atoms with Crippen molar-refractivity contribution in [3.8, 4) is 0 Å². The Morgan fingerprint density at radius 3 is 2.52 bits per heavy atom. The van der Waals surface area contributed by atoms with Crippen molar-refractivity contribution in [1.29, 1.82) is 0 Å². The molecule has 0 unspecified atom stereocenters. The van der Waals surface area contributed by atoms with E-state index in [2.05, 4.69) is 59.5 Å². The Morgan fingerprint density at radius 1 is 1.09 bits per heavy atom. The van der Waals surface area contributed by atoms with Crippen molar-refractivity contribution in [3.05, 3.63) is 35.9 Å². The topological polar surface area (TPSA) is 27.7 Å². The van der Waals surface area contributed by atoms with Gasteiger partial charge in [0.15, 0.2) is 0 Å². The van der Waals surface area contributed by atoms with E-state index in [9.17, 15) is 0 Å². The predicted molar refractivity (Wildman–Crippen MR) is 96.8 cm³/mol. The lowest BCUT2D eigenvalue weighted by molar-refractivity contribution is 0.115. The highest BCUT2D eigenvalue weighted by atomic mass is 16.5. The number of likely N-dealkylation sites (N-methyl/N-ethyl adjacent to an activating group) is 1. The van der Waals surface area contributed by atoms with E-state index >= 15 is 0 Å². The molecule has 0 aromatic heterocycles. The highest BCUT2D eigenvalue weighted by molar-refractivity contribution is 5.19. The Balaban J connectivity index is 1.77. The van der Waals surface area contributed by atoms with Crippen LogP contribution in [0.15, 0.2) is 30.3 Å². The molecule has 0 saturated carbocycles. The first-order valence-electron chi connectivity index (χ1n) is 8.99. The fraction of sp³-hybridized carbons (Fsp3) is 0.684. The Hall–Kier alpha value is -0.940. The Kier molecular flexibility index (Phi) is 8.61. The first-order chi connectivity index (χ1) is 11.3. The van der Waals surface area contributed by atoms with Crippen LogP contribution in [0.4, 0.5) is 0 Å². The zero-order valence-electron chi connectivity index (χ0n) is 14.8. The minimum absolute atomic E-state index is 0.395. The molecule has 1 fully saturated rings. The number of hydrogen-bond donors (Lipinski definition) is 1. The van der Waals surface area contributed by atoms with Crippen molar-refractivity contribution in [1.82, 2.24) is 15.1 Å². The number of ether oxygens (including phenoxy) is 1. The molecule has 1 heterocycles. The minimum Gasteiger partial charge on any atom is -0.379 e. The standard InChI is InChI=1S/C19H33N3O/c1-21(2)14-16-23-15-11-20-19(18-9-5-3-6-10-18)17-22-12-7-4-8-13-22/h3,5-6,9-10,19-20H,4,7-8,11-17H2,1-2H3/t19-/m0/s1. The first-order valence-corrected chi connectivity index (χ1v) is 8.99. The third kappa shape index (κ3) is 7.44. The van der Waals surface area contributed by atoms with E-state index in [1.54, 1.807) is 0 Å². The maximum Gasteiger partial charge on any atom is 0.0593 e. The number of hydrogen-bond acceptors (Lipinski definition) is 4. The van der Waals surface area contributed by atoms with Crippen LogP contribution in [0, 0.1) is 0 Å². The first kappa shape index (κ1) is 18.4. The van der Waals surface area contributed by atoms with Gasteiger partial charge >= 0.3 is 0 Å². The molecule has 1 saturated heterocycles. The second-order valence-corrected chi connectivity index (χ2v) is 6.69. The molecule has 23 heavy (non-hydrogen) atoms. The average molecular weight is 319 g/mol. The molecule has 1 aliphatic rings. The Labute approximate surface area is 141 Å². The Morgan fingerprint density at radius 2 is 1.83 bits per heavy atom. The van der Waals surface area contributed by atoms with E-state index in [4.69, 9.17) is 4.74 Å². The summed E-state index contributed by atoms with van der Waals surface area (Å²) < 4.78 is 5.70. The predicted octanol–water partition coefficient (Wildman–Crippen LogP) is 2.38. The summed E-state index contributed by atoms with van der Waals surface area (Å²) >= 11 is 0. The number of likely N-dealkylation sites (tertiary alicyclic amines) is 1. The molecule has 1 aromatic rings. The number of nitrogens with one attached hydrogen (secondary N) is 1. The van der Waals surface area contributed by atoms with E-state index in [1.807, 2.05) is 0 Å². The van der Waals surface area contributed by atoms with Crippen LogP contribution in [0.5, 0.6) is 0 Å². The third-order valence-electron chi connectivity index (χ3n) is 4.41. The summed E-state index contributed by atoms with van der Waals surface area (Å²) in [6.45, 7) is 7.04. The highest BCUT2D eigenvalue weighted by Crippen LogP contribution is 2.17. The molecule has 0 bridgehead atoms. The minimum atomic E-state index is 0.395. The summed E-state index contributed by atoms with van der Waals surface area (Å²) in [5, 5.41) is 3.69. The van der Waals surface area contributed by atoms with Crippen molar-refractivity contribution >= 4 is 0 Å². The molecule has 0 spiro atoms. The maximum absolute atomic E-state index is 5.70. The Bertz CT molecular complexity index is 404. The van der Waals surface area contributed by atoms with Crippen molar-refractivity contribution in [2.75, 3.05) is 60.0 Å². The summed E-state index contributed by atoms with van der Waals surface area (Å²) in [5.41, 5.74) is 1.38. The van der Waals surface area contributed by atoms with Gasteiger partial charge in [-0.3, -0.25) is 0 Å². The summed E-state index contributed by atoms with van der Waals surface area (Å²) in [6, 6.07) is 11.2. The molecule has 2 rings (SSSR count). The van der Waals surface area contributed by atoms with Gasteiger partial charge in [0, 0.05) is 25.7 Å². The summed E-state index contributed by atoms with van der Waals surface area (Å²) in [5.74, 6) is 0. The molecular weight excluding hydrogens is 286 g/mol. The second kappa shape index (κ2) is 10.8. The van der Waals surface area contributed by atoms with Gasteiger partial charge in [0.25, 0.3) is 0 Å². The molecule has 1 N–H and O–H groups in total. The smallest absolute Gasteiger partial charge is 0.0593 e. The summed E-state index contributed by atoms with van der Waals surface area (Å²) in [7, 11) is 4.15. The zero-order valence-corrected chi connectivity index (χ0v) is 14.8. The van der Waals surface area contributed by atoms with Crippen LogP contribution in [0.25, 0.3) is 0 Å². The van der Waals surface area contributed by atoms with E-state index in [0.717, 1.165) is 32.8 Å². The lowest BCUT2D eigenvalue weighted by atomic mass is 10.0. The molecule has 130 valence electrons. The number of piperidine rings is 1. The van der Waals surface area contributed by atoms with Gasteiger partial charge < -0.3 is 19.9 Å². The molecule has 0 amide bonds. The van der Waals surface area contributed by atoms with Gasteiger partial charge in [-0.05, 0) is 45.6 Å². The van der Waals surface area contributed by atoms with Crippen molar-refractivity contribution in [2.24, 2.45) is 0 Å². The molecule has 1 aromatic carbocycles. The van der Waals surface area contributed by atoms with Crippen LogP contribution in [-0.2, 0) is 4.74 Å². The van der Waals surface area contributed by atoms with Gasteiger partial charge in [0.2, 0.25) is 0 Å². The van der Waals surface area contributed by atoms with Gasteiger partial charge in [-0.1, -0.05) is 36.8 Å². The molecule has 1 atom stereocenters. The van der Waals surface area contributed by atoms with Crippen LogP contribution in [0.2, 0.25) is 0 Å². The zero-order chi connectivity index (χ0) is 16.3. The lowest BCUT2D eigenvalue weighted by Gasteiger charge is -2.31. The van der Waals surface area contributed by atoms with E-state index in [-0.39, 0.29) is 0 Å². The van der Waals surface area contributed by atoms with Crippen LogP contribution in [-0.4, -0.2) is 69.8 Å². The maximum atomic E-state index is 5.70. The summed E-state index contributed by atoms with van der Waals surface area (Å²) in [4.78, 5) is 4.75. The van der Waals surface area contributed by atoms with Crippen LogP contribution in [0.3, 0.4) is 0 Å². The number of rotatable bonds is 10. The van der Waals surface area contributed by atoms with Gasteiger partial charge in [-0.15, -0.1) is 0 Å². The van der Waals surface area contributed by atoms with Gasteiger partial charge in [-0.25, -0.2) is 0 Å². The molecular formula is C19H33N3O. The fourth-order valence-electron chi connectivity index (χ4n) is 3.03. The van der Waals surface area contributed by atoms with E-state index in [0.29, 0.717) is 6.04 Å². The largest absolute Gasteiger partial charge is 0.379 e. The normalized spacial score (nSPS) is 17.5. The van der Waals surface area contributed by atoms with Crippen LogP contribution >= 0.6 is 0 Å². The average Bonchev–Trinajstić information content (AvgIpc) is 2.58.